The zero-order chi connectivity index (χ0) is 20.0. The van der Waals surface area contributed by atoms with Crippen molar-refractivity contribution in [3.8, 4) is 11.6 Å². The van der Waals surface area contributed by atoms with Crippen LogP contribution >= 0.6 is 0 Å². The number of amides is 1. The lowest BCUT2D eigenvalue weighted by molar-refractivity contribution is -0.00342. The molecular formula is C23H27N3O3. The van der Waals surface area contributed by atoms with Crippen LogP contribution in [0, 0.1) is 5.92 Å². The van der Waals surface area contributed by atoms with E-state index >= 15 is 0 Å². The zero-order valence-electron chi connectivity index (χ0n) is 17.0. The molecule has 1 aromatic heterocycles. The lowest BCUT2D eigenvalue weighted by Crippen LogP contribution is -2.60. The second kappa shape index (κ2) is 7.34. The van der Waals surface area contributed by atoms with Crippen molar-refractivity contribution in [3.63, 3.8) is 0 Å². The van der Waals surface area contributed by atoms with E-state index in [0.29, 0.717) is 29.3 Å². The molecule has 0 unspecified atom stereocenters. The molecule has 2 aromatic rings. The molecule has 2 bridgehead atoms. The number of rotatable bonds is 4. The highest BCUT2D eigenvalue weighted by atomic mass is 16.5. The normalized spacial score (nSPS) is 30.1. The van der Waals surface area contributed by atoms with Gasteiger partial charge in [-0.15, -0.1) is 0 Å². The van der Waals surface area contributed by atoms with Gasteiger partial charge in [0.25, 0.3) is 5.91 Å². The molecule has 4 fully saturated rings. The molecule has 1 aromatic carbocycles. The number of benzene rings is 1. The third-order valence-electron chi connectivity index (χ3n) is 6.99. The van der Waals surface area contributed by atoms with E-state index in [4.69, 9.17) is 9.47 Å². The quantitative estimate of drug-likeness (QED) is 0.800. The Balaban J connectivity index is 1.49. The summed E-state index contributed by atoms with van der Waals surface area (Å²) in [6.45, 7) is 3.03. The molecule has 6 rings (SSSR count). The maximum Gasteiger partial charge on any atom is 0.254 e. The molecule has 6 heteroatoms. The van der Waals surface area contributed by atoms with Crippen LogP contribution in [0.3, 0.4) is 0 Å². The number of aromatic nitrogens is 1. The first-order valence-electron chi connectivity index (χ1n) is 10.4. The first kappa shape index (κ1) is 18.4. The van der Waals surface area contributed by atoms with Gasteiger partial charge in [-0.1, -0.05) is 12.1 Å². The van der Waals surface area contributed by atoms with Gasteiger partial charge in [-0.25, -0.2) is 4.98 Å². The van der Waals surface area contributed by atoms with Crippen molar-refractivity contribution in [1.29, 1.82) is 0 Å². The highest BCUT2D eigenvalue weighted by molar-refractivity contribution is 5.95. The van der Waals surface area contributed by atoms with Crippen LogP contribution in [0.2, 0.25) is 0 Å². The average molecular weight is 393 g/mol. The van der Waals surface area contributed by atoms with E-state index in [1.54, 1.807) is 32.5 Å². The number of pyridine rings is 1. The van der Waals surface area contributed by atoms with Gasteiger partial charge in [0.1, 0.15) is 5.75 Å². The number of hydrogen-bond acceptors (Lipinski definition) is 5. The third-order valence-corrected chi connectivity index (χ3v) is 6.99. The topological polar surface area (TPSA) is 54.9 Å². The molecule has 6 nitrogen and oxygen atoms in total. The van der Waals surface area contributed by atoms with Gasteiger partial charge in [0.15, 0.2) is 0 Å². The van der Waals surface area contributed by atoms with E-state index in [1.165, 1.54) is 18.4 Å². The lowest BCUT2D eigenvalue weighted by atomic mass is 9.75. The summed E-state index contributed by atoms with van der Waals surface area (Å²) in [4.78, 5) is 22.4. The van der Waals surface area contributed by atoms with Gasteiger partial charge in [-0.2, -0.15) is 0 Å². The molecule has 4 aliphatic rings. The molecule has 1 amide bonds. The minimum atomic E-state index is 0.0884. The van der Waals surface area contributed by atoms with Crippen LogP contribution < -0.4 is 9.47 Å². The predicted molar refractivity (Wildman–Crippen MR) is 109 cm³/mol. The van der Waals surface area contributed by atoms with Crippen molar-refractivity contribution in [1.82, 2.24) is 14.8 Å². The molecule has 29 heavy (non-hydrogen) atoms. The standard InChI is InChI=1S/C23H27N3O3/c1-28-18-5-3-15(4-6-18)19-14-26(21-16-8-11-25(12-9-16)22(19)21)23(27)17-7-10-24-20(13-17)29-2/h3-7,10,13,16,19,21-22H,8-9,11-12,14H2,1-2H3/t19-,21+,22+/m0/s1. The predicted octanol–water partition coefficient (Wildman–Crippen LogP) is 2.80. The average Bonchev–Trinajstić information content (AvgIpc) is 3.22. The number of methoxy groups -OCH3 is 2. The minimum absolute atomic E-state index is 0.0884. The maximum absolute atomic E-state index is 13.5. The number of fused-ring (bicyclic) bond motifs is 2. The number of hydrogen-bond donors (Lipinski definition) is 0. The van der Waals surface area contributed by atoms with Gasteiger partial charge in [0, 0.05) is 36.3 Å². The molecule has 5 heterocycles. The fraction of sp³-hybridized carbons (Fsp3) is 0.478. The van der Waals surface area contributed by atoms with Crippen LogP contribution in [0.5, 0.6) is 11.6 Å². The number of likely N-dealkylation sites (tertiary alicyclic amines) is 1. The van der Waals surface area contributed by atoms with Crippen molar-refractivity contribution < 1.29 is 14.3 Å². The van der Waals surface area contributed by atoms with Crippen molar-refractivity contribution >= 4 is 5.91 Å². The van der Waals surface area contributed by atoms with Gasteiger partial charge in [0.05, 0.1) is 20.3 Å². The molecular weight excluding hydrogens is 366 g/mol. The number of carbonyl (C=O) groups excluding carboxylic acids is 1. The first-order chi connectivity index (χ1) is 14.2. The molecule has 0 aliphatic carbocycles. The van der Waals surface area contributed by atoms with E-state index in [0.717, 1.165) is 25.4 Å². The smallest absolute Gasteiger partial charge is 0.254 e. The second-order valence-corrected chi connectivity index (χ2v) is 8.28. The Labute approximate surface area is 171 Å². The molecule has 0 N–H and O–H groups in total. The molecule has 3 atom stereocenters. The summed E-state index contributed by atoms with van der Waals surface area (Å²) in [7, 11) is 3.27. The summed E-state index contributed by atoms with van der Waals surface area (Å²) in [5.74, 6) is 2.34. The molecule has 152 valence electrons. The molecule has 0 saturated carbocycles. The summed E-state index contributed by atoms with van der Waals surface area (Å²) >= 11 is 0. The number of carbonyl (C=O) groups is 1. The van der Waals surface area contributed by atoms with E-state index in [2.05, 4.69) is 26.9 Å². The summed E-state index contributed by atoms with van der Waals surface area (Å²) in [5.41, 5.74) is 1.94. The zero-order valence-corrected chi connectivity index (χ0v) is 17.0. The Hall–Kier alpha value is -2.60. The van der Waals surface area contributed by atoms with Crippen LogP contribution in [0.1, 0.15) is 34.7 Å². The Bertz CT molecular complexity index is 892. The highest BCUT2D eigenvalue weighted by Gasteiger charge is 2.54. The van der Waals surface area contributed by atoms with Gasteiger partial charge in [-0.3, -0.25) is 9.69 Å². The van der Waals surface area contributed by atoms with Crippen molar-refractivity contribution in [3.05, 3.63) is 53.7 Å². The van der Waals surface area contributed by atoms with Crippen LogP contribution in [0.25, 0.3) is 0 Å². The number of ether oxygens (including phenoxy) is 2. The molecule has 0 radical (unpaired) electrons. The lowest BCUT2D eigenvalue weighted by Gasteiger charge is -2.51. The summed E-state index contributed by atoms with van der Waals surface area (Å²) < 4.78 is 10.6. The first-order valence-corrected chi connectivity index (χ1v) is 10.4. The van der Waals surface area contributed by atoms with Crippen molar-refractivity contribution in [2.45, 2.75) is 30.8 Å². The Kier molecular flexibility index (Phi) is 4.66. The molecule has 0 spiro atoms. The van der Waals surface area contributed by atoms with Crippen LogP contribution in [-0.2, 0) is 0 Å². The number of piperidine rings is 3. The maximum atomic E-state index is 13.5. The van der Waals surface area contributed by atoms with Crippen LogP contribution in [0.4, 0.5) is 0 Å². The summed E-state index contributed by atoms with van der Waals surface area (Å²) in [5, 5.41) is 0. The van der Waals surface area contributed by atoms with E-state index in [9.17, 15) is 4.79 Å². The van der Waals surface area contributed by atoms with Gasteiger partial charge in [0.2, 0.25) is 5.88 Å². The highest BCUT2D eigenvalue weighted by Crippen LogP contribution is 2.47. The van der Waals surface area contributed by atoms with Gasteiger partial charge < -0.3 is 14.4 Å². The molecule has 4 saturated heterocycles. The van der Waals surface area contributed by atoms with E-state index < -0.39 is 0 Å². The summed E-state index contributed by atoms with van der Waals surface area (Å²) in [6.07, 6.45) is 4.01. The van der Waals surface area contributed by atoms with Crippen molar-refractivity contribution in [2.24, 2.45) is 5.92 Å². The van der Waals surface area contributed by atoms with Gasteiger partial charge >= 0.3 is 0 Å². The largest absolute Gasteiger partial charge is 0.497 e. The van der Waals surface area contributed by atoms with E-state index in [1.807, 2.05) is 12.1 Å². The van der Waals surface area contributed by atoms with Crippen LogP contribution in [-0.4, -0.2) is 66.6 Å². The van der Waals surface area contributed by atoms with Crippen LogP contribution in [0.15, 0.2) is 42.6 Å². The Morgan fingerprint density at radius 1 is 1.03 bits per heavy atom. The monoisotopic (exact) mass is 393 g/mol. The third kappa shape index (κ3) is 3.06. The van der Waals surface area contributed by atoms with Gasteiger partial charge in [-0.05, 0) is 55.6 Å². The SMILES string of the molecule is COc1ccc([C@@H]2CN(C(=O)c3ccnc(OC)c3)[C@@H]3C4CCN(CC4)[C@@H]32)cc1. The molecule has 4 aliphatic heterocycles. The fourth-order valence-corrected chi connectivity index (χ4v) is 5.62. The fourth-order valence-electron chi connectivity index (χ4n) is 5.62. The second-order valence-electron chi connectivity index (χ2n) is 8.28. The number of nitrogens with zero attached hydrogens (tertiary/aromatic N) is 3. The van der Waals surface area contributed by atoms with E-state index in [-0.39, 0.29) is 11.9 Å². The Morgan fingerprint density at radius 3 is 2.48 bits per heavy atom. The van der Waals surface area contributed by atoms with Crippen molar-refractivity contribution in [2.75, 3.05) is 33.9 Å². The minimum Gasteiger partial charge on any atom is -0.497 e. The Morgan fingerprint density at radius 2 is 1.79 bits per heavy atom. The summed E-state index contributed by atoms with van der Waals surface area (Å²) in [6, 6.07) is 12.6.